The number of nitrogens with zero attached hydrogens (tertiary/aromatic N) is 3. The molecule has 0 unspecified atom stereocenters. The second-order valence-corrected chi connectivity index (χ2v) is 7.94. The van der Waals surface area contributed by atoms with Crippen LogP contribution in [0.4, 0.5) is 0 Å². The van der Waals surface area contributed by atoms with E-state index in [-0.39, 0.29) is 11.9 Å². The number of nitrogens with one attached hydrogen (secondary N) is 1. The zero-order valence-electron chi connectivity index (χ0n) is 16.1. The number of aryl methyl sites for hydroxylation is 1. The lowest BCUT2D eigenvalue weighted by atomic mass is 10.1. The minimum atomic E-state index is -0.245. The maximum Gasteiger partial charge on any atom is 0.251 e. The molecule has 0 spiro atoms. The largest absolute Gasteiger partial charge is 0.342 e. The maximum absolute atomic E-state index is 12.5. The second kappa shape index (κ2) is 9.26. The van der Waals surface area contributed by atoms with Gasteiger partial charge < -0.3 is 9.88 Å². The number of benzene rings is 2. The molecule has 5 nitrogen and oxygen atoms in total. The van der Waals surface area contributed by atoms with E-state index in [0.717, 1.165) is 33.9 Å². The lowest BCUT2D eigenvalue weighted by Gasteiger charge is -2.15. The molecule has 0 saturated carbocycles. The van der Waals surface area contributed by atoms with Crippen molar-refractivity contribution in [3.05, 3.63) is 76.1 Å². The summed E-state index contributed by atoms with van der Waals surface area (Å²) < 4.78 is 2.04. The molecule has 1 atom stereocenters. The summed E-state index contributed by atoms with van der Waals surface area (Å²) in [6, 6.07) is 15.1. The van der Waals surface area contributed by atoms with Crippen molar-refractivity contribution in [3.63, 3.8) is 0 Å². The fourth-order valence-electron chi connectivity index (χ4n) is 2.88. The number of thioether (sulfide) groups is 1. The van der Waals surface area contributed by atoms with E-state index >= 15 is 0 Å². The number of carbonyl (C=O) groups excluding carboxylic acids is 1. The number of hydrogen-bond acceptors (Lipinski definition) is 4. The Hall–Kier alpha value is -2.31. The van der Waals surface area contributed by atoms with Gasteiger partial charge in [-0.05, 0) is 50.6 Å². The van der Waals surface area contributed by atoms with Crippen LogP contribution in [0.3, 0.4) is 0 Å². The van der Waals surface area contributed by atoms with Crippen LogP contribution in [0.25, 0.3) is 0 Å². The summed E-state index contributed by atoms with van der Waals surface area (Å²) in [5.74, 6) is 1.42. The zero-order chi connectivity index (χ0) is 20.1. The number of aromatic nitrogens is 3. The molecule has 0 saturated heterocycles. The van der Waals surface area contributed by atoms with E-state index in [1.807, 2.05) is 73.9 Å². The minimum Gasteiger partial charge on any atom is -0.342 e. The van der Waals surface area contributed by atoms with Crippen LogP contribution >= 0.6 is 23.4 Å². The lowest BCUT2D eigenvalue weighted by molar-refractivity contribution is 0.0937. The summed E-state index contributed by atoms with van der Waals surface area (Å²) in [7, 11) is 0. The Balaban J connectivity index is 1.69. The van der Waals surface area contributed by atoms with Gasteiger partial charge in [0.2, 0.25) is 0 Å². The summed E-state index contributed by atoms with van der Waals surface area (Å²) in [5, 5.41) is 13.3. The van der Waals surface area contributed by atoms with Crippen molar-refractivity contribution in [3.8, 4) is 0 Å². The van der Waals surface area contributed by atoms with Gasteiger partial charge >= 0.3 is 0 Å². The van der Waals surface area contributed by atoms with Gasteiger partial charge in [-0.2, -0.15) is 0 Å². The molecule has 28 heavy (non-hydrogen) atoms. The second-order valence-electron chi connectivity index (χ2n) is 6.56. The van der Waals surface area contributed by atoms with Crippen molar-refractivity contribution in [2.45, 2.75) is 44.3 Å². The molecule has 1 aromatic heterocycles. The Morgan fingerprint density at radius 3 is 2.64 bits per heavy atom. The molecule has 3 aromatic rings. The van der Waals surface area contributed by atoms with Crippen molar-refractivity contribution in [1.82, 2.24) is 20.1 Å². The fourth-order valence-corrected chi connectivity index (χ4v) is 3.97. The number of amides is 1. The third-order valence-electron chi connectivity index (χ3n) is 4.36. The van der Waals surface area contributed by atoms with Gasteiger partial charge in [0.15, 0.2) is 11.0 Å². The Labute approximate surface area is 174 Å². The summed E-state index contributed by atoms with van der Waals surface area (Å²) in [6.07, 6.45) is 0. The fraction of sp³-hybridized carbons (Fsp3) is 0.286. The third kappa shape index (κ3) is 4.94. The number of halogens is 1. The number of carbonyl (C=O) groups is 1. The van der Waals surface area contributed by atoms with E-state index in [0.29, 0.717) is 5.56 Å². The molecule has 0 radical (unpaired) electrons. The number of rotatable bonds is 7. The Bertz CT molecular complexity index is 955. The van der Waals surface area contributed by atoms with Crippen molar-refractivity contribution in [2.24, 2.45) is 0 Å². The highest BCUT2D eigenvalue weighted by Gasteiger charge is 2.19. The highest BCUT2D eigenvalue weighted by molar-refractivity contribution is 7.98. The smallest absolute Gasteiger partial charge is 0.251 e. The summed E-state index contributed by atoms with van der Waals surface area (Å²) in [6.45, 7) is 6.68. The van der Waals surface area contributed by atoms with Crippen molar-refractivity contribution in [2.75, 3.05) is 0 Å². The van der Waals surface area contributed by atoms with Crippen LogP contribution in [0.15, 0.2) is 53.7 Å². The predicted molar refractivity (Wildman–Crippen MR) is 114 cm³/mol. The molecular weight excluding hydrogens is 392 g/mol. The van der Waals surface area contributed by atoms with Gasteiger partial charge in [0, 0.05) is 22.9 Å². The monoisotopic (exact) mass is 414 g/mol. The topological polar surface area (TPSA) is 59.8 Å². The highest BCUT2D eigenvalue weighted by atomic mass is 35.5. The van der Waals surface area contributed by atoms with Crippen LogP contribution in [-0.4, -0.2) is 20.7 Å². The number of hydrogen-bond donors (Lipinski definition) is 1. The van der Waals surface area contributed by atoms with Crippen LogP contribution in [0.2, 0.25) is 5.02 Å². The van der Waals surface area contributed by atoms with Gasteiger partial charge in [0.05, 0.1) is 6.04 Å². The Morgan fingerprint density at radius 2 is 1.96 bits per heavy atom. The van der Waals surface area contributed by atoms with Crippen molar-refractivity contribution < 1.29 is 4.79 Å². The van der Waals surface area contributed by atoms with Crippen LogP contribution in [0.1, 0.15) is 47.2 Å². The van der Waals surface area contributed by atoms with E-state index in [2.05, 4.69) is 15.5 Å². The summed E-state index contributed by atoms with van der Waals surface area (Å²) in [4.78, 5) is 12.5. The SMILES string of the molecule is CCn1c(SCc2ccc(Cl)cc2)nnc1[C@H](C)NC(=O)c1cccc(C)c1. The molecule has 3 rings (SSSR count). The van der Waals surface area contributed by atoms with Gasteiger partial charge in [-0.25, -0.2) is 0 Å². The lowest BCUT2D eigenvalue weighted by Crippen LogP contribution is -2.28. The standard InChI is InChI=1S/C21H23ClN4OS/c1-4-26-19(15(3)23-20(27)17-7-5-6-14(2)12-17)24-25-21(26)28-13-16-8-10-18(22)11-9-16/h5-12,15H,4,13H2,1-3H3,(H,23,27)/t15-/m0/s1. The first-order valence-corrected chi connectivity index (χ1v) is 10.5. The van der Waals surface area contributed by atoms with Crippen LogP contribution in [0.5, 0.6) is 0 Å². The summed E-state index contributed by atoms with van der Waals surface area (Å²) >= 11 is 7.56. The molecule has 7 heteroatoms. The molecule has 1 amide bonds. The van der Waals surface area contributed by atoms with Gasteiger partial charge in [-0.3, -0.25) is 4.79 Å². The minimum absolute atomic E-state index is 0.114. The molecule has 0 aliphatic heterocycles. The van der Waals surface area contributed by atoms with Crippen molar-refractivity contribution >= 4 is 29.3 Å². The van der Waals surface area contributed by atoms with E-state index < -0.39 is 0 Å². The molecule has 0 aliphatic rings. The molecule has 0 aliphatic carbocycles. The molecule has 0 fully saturated rings. The average Bonchev–Trinajstić information content (AvgIpc) is 3.10. The van der Waals surface area contributed by atoms with Gasteiger partial charge in [0.1, 0.15) is 0 Å². The van der Waals surface area contributed by atoms with Crippen LogP contribution < -0.4 is 5.32 Å². The normalized spacial score (nSPS) is 12.0. The Kier molecular flexibility index (Phi) is 6.75. The van der Waals surface area contributed by atoms with Crippen LogP contribution in [0, 0.1) is 6.92 Å². The molecule has 0 bridgehead atoms. The third-order valence-corrected chi connectivity index (χ3v) is 5.65. The van der Waals surface area contributed by atoms with Gasteiger partial charge in [0.25, 0.3) is 5.91 Å². The van der Waals surface area contributed by atoms with E-state index in [4.69, 9.17) is 11.6 Å². The molecule has 2 aromatic carbocycles. The van der Waals surface area contributed by atoms with E-state index in [1.165, 1.54) is 5.56 Å². The quantitative estimate of drug-likeness (QED) is 0.550. The Morgan fingerprint density at radius 1 is 1.21 bits per heavy atom. The van der Waals surface area contributed by atoms with E-state index in [9.17, 15) is 4.79 Å². The zero-order valence-corrected chi connectivity index (χ0v) is 17.7. The molecule has 146 valence electrons. The predicted octanol–water partition coefficient (Wildman–Crippen LogP) is 5.04. The first-order chi connectivity index (χ1) is 13.5. The summed E-state index contributed by atoms with van der Waals surface area (Å²) in [5.41, 5.74) is 2.87. The van der Waals surface area contributed by atoms with Gasteiger partial charge in [-0.1, -0.05) is 53.2 Å². The highest BCUT2D eigenvalue weighted by Crippen LogP contribution is 2.25. The molecule has 1 N–H and O–H groups in total. The maximum atomic E-state index is 12.5. The van der Waals surface area contributed by atoms with E-state index in [1.54, 1.807) is 11.8 Å². The average molecular weight is 415 g/mol. The first-order valence-electron chi connectivity index (χ1n) is 9.15. The molecule has 1 heterocycles. The van der Waals surface area contributed by atoms with Gasteiger partial charge in [-0.15, -0.1) is 10.2 Å². The van der Waals surface area contributed by atoms with Crippen molar-refractivity contribution in [1.29, 1.82) is 0 Å². The molecular formula is C21H23ClN4OS. The van der Waals surface area contributed by atoms with Crippen LogP contribution in [-0.2, 0) is 12.3 Å². The first kappa shape index (κ1) is 20.4.